The number of carbonyl (C=O) groups excluding carboxylic acids is 2. The lowest BCUT2D eigenvalue weighted by Crippen LogP contribution is -2.37. The zero-order valence-electron chi connectivity index (χ0n) is 19.6. The van der Waals surface area contributed by atoms with E-state index in [1.54, 1.807) is 60.0 Å². The van der Waals surface area contributed by atoms with Crippen LogP contribution in [0.15, 0.2) is 66.7 Å². The summed E-state index contributed by atoms with van der Waals surface area (Å²) in [6, 6.07) is 16.7. The number of hydrogen-bond donors (Lipinski definition) is 0. The van der Waals surface area contributed by atoms with Crippen molar-refractivity contribution in [2.45, 2.75) is 32.9 Å². The highest BCUT2D eigenvalue weighted by Crippen LogP contribution is 2.34. The maximum atomic E-state index is 13.5. The highest BCUT2D eigenvalue weighted by atomic mass is 35.5. The van der Waals surface area contributed by atoms with E-state index in [0.717, 1.165) is 6.07 Å². The second-order valence-electron chi connectivity index (χ2n) is 8.34. The van der Waals surface area contributed by atoms with E-state index in [1.165, 1.54) is 19.1 Å². The second kappa shape index (κ2) is 10.2. The molecule has 0 spiro atoms. The number of ether oxygens (including phenoxy) is 2. The number of carboxylic acids is 1. The number of aromatic nitrogens is 1. The van der Waals surface area contributed by atoms with Gasteiger partial charge in [-0.2, -0.15) is 0 Å². The number of carbonyl (C=O) groups is 2. The molecule has 1 aromatic heterocycles. The summed E-state index contributed by atoms with van der Waals surface area (Å²) < 4.78 is 49.9. The van der Waals surface area contributed by atoms with Gasteiger partial charge < -0.3 is 23.9 Å². The van der Waals surface area contributed by atoms with Gasteiger partial charge in [-0.1, -0.05) is 23.7 Å². The zero-order valence-corrected chi connectivity index (χ0v) is 20.4. The summed E-state index contributed by atoms with van der Waals surface area (Å²) in [5.41, 5.74) is 2.23. The molecule has 0 saturated carbocycles. The Labute approximate surface area is 214 Å². The number of benzene rings is 3. The summed E-state index contributed by atoms with van der Waals surface area (Å²) in [5.74, 6) is -1.84. The van der Waals surface area contributed by atoms with Crippen molar-refractivity contribution in [3.63, 3.8) is 0 Å². The van der Waals surface area contributed by atoms with Crippen molar-refractivity contribution in [2.75, 3.05) is 0 Å². The van der Waals surface area contributed by atoms with E-state index in [1.807, 2.05) is 0 Å². The lowest BCUT2D eigenvalue weighted by Gasteiger charge is -2.16. The Morgan fingerprint density at radius 2 is 1.73 bits per heavy atom. The normalized spacial score (nSPS) is 12.4. The number of ketones is 1. The van der Waals surface area contributed by atoms with Crippen molar-refractivity contribution >= 4 is 34.3 Å². The van der Waals surface area contributed by atoms with Gasteiger partial charge in [0, 0.05) is 34.3 Å². The van der Waals surface area contributed by atoms with E-state index in [2.05, 4.69) is 4.74 Å². The quantitative estimate of drug-likeness (QED) is 0.289. The highest BCUT2D eigenvalue weighted by Gasteiger charge is 2.31. The molecule has 0 fully saturated rings. The molecule has 0 radical (unpaired) electrons. The van der Waals surface area contributed by atoms with Crippen molar-refractivity contribution in [1.29, 1.82) is 0 Å². The van der Waals surface area contributed by atoms with Crippen LogP contribution in [0, 0.1) is 6.92 Å². The van der Waals surface area contributed by atoms with Gasteiger partial charge in [0.15, 0.2) is 5.78 Å². The molecule has 0 saturated heterocycles. The monoisotopic (exact) mass is 530 g/mol. The summed E-state index contributed by atoms with van der Waals surface area (Å²) in [4.78, 5) is 24.5. The first-order chi connectivity index (χ1) is 17.4. The number of hydrogen-bond acceptors (Lipinski definition) is 5. The number of carboxylic acid groups (broad SMARTS) is 1. The smallest absolute Gasteiger partial charge is 0.546 e. The molecule has 0 amide bonds. The van der Waals surface area contributed by atoms with Gasteiger partial charge in [-0.25, -0.2) is 0 Å². The third kappa shape index (κ3) is 5.89. The first-order valence-corrected chi connectivity index (χ1v) is 11.5. The van der Waals surface area contributed by atoms with Gasteiger partial charge in [-0.05, 0) is 67.9 Å². The van der Waals surface area contributed by atoms with Crippen LogP contribution in [0.4, 0.5) is 13.2 Å². The van der Waals surface area contributed by atoms with E-state index < -0.39 is 24.2 Å². The predicted octanol–water partition coefficient (Wildman–Crippen LogP) is 5.30. The molecule has 1 atom stereocenters. The largest absolute Gasteiger partial charge is 0.573 e. The number of rotatable bonds is 8. The minimum Gasteiger partial charge on any atom is -0.546 e. The maximum absolute atomic E-state index is 13.5. The van der Waals surface area contributed by atoms with Gasteiger partial charge in [0.1, 0.15) is 17.6 Å². The lowest BCUT2D eigenvalue weighted by atomic mass is 10.0. The fraction of sp³-hybridized carbons (Fsp3) is 0.185. The first kappa shape index (κ1) is 26.1. The molecule has 6 nitrogen and oxygen atoms in total. The average molecular weight is 531 g/mol. The molecular weight excluding hydrogens is 511 g/mol. The molecule has 0 aliphatic carbocycles. The molecule has 4 rings (SSSR count). The van der Waals surface area contributed by atoms with E-state index in [9.17, 15) is 27.9 Å². The molecule has 37 heavy (non-hydrogen) atoms. The number of alkyl halides is 3. The van der Waals surface area contributed by atoms with Gasteiger partial charge in [-0.3, -0.25) is 4.79 Å². The Hall–Kier alpha value is -3.98. The lowest BCUT2D eigenvalue weighted by molar-refractivity contribution is -0.312. The van der Waals surface area contributed by atoms with E-state index in [-0.39, 0.29) is 18.1 Å². The van der Waals surface area contributed by atoms with Gasteiger partial charge in [0.25, 0.3) is 0 Å². The van der Waals surface area contributed by atoms with Crippen LogP contribution in [0.5, 0.6) is 11.5 Å². The molecule has 3 aromatic carbocycles. The van der Waals surface area contributed by atoms with Gasteiger partial charge in [-0.15, -0.1) is 13.2 Å². The minimum atomic E-state index is -4.89. The predicted molar refractivity (Wildman–Crippen MR) is 129 cm³/mol. The number of nitrogens with zero attached hydrogens (tertiary/aromatic N) is 1. The highest BCUT2D eigenvalue weighted by molar-refractivity contribution is 6.30. The summed E-state index contributed by atoms with van der Waals surface area (Å²) in [5, 5.41) is 11.9. The average Bonchev–Trinajstić information content (AvgIpc) is 3.09. The molecule has 4 aromatic rings. The number of aliphatic carboxylic acids is 1. The van der Waals surface area contributed by atoms with Gasteiger partial charge >= 0.3 is 6.36 Å². The van der Waals surface area contributed by atoms with Gasteiger partial charge in [0.05, 0.1) is 17.0 Å². The molecule has 0 aliphatic heterocycles. The van der Waals surface area contributed by atoms with Crippen molar-refractivity contribution in [2.24, 2.45) is 0 Å². The summed E-state index contributed by atoms with van der Waals surface area (Å²) in [6.45, 7) is 3.19. The Morgan fingerprint density at radius 3 is 2.38 bits per heavy atom. The van der Waals surface area contributed by atoms with Crippen molar-refractivity contribution in [1.82, 2.24) is 4.57 Å². The first-order valence-electron chi connectivity index (χ1n) is 11.1. The van der Waals surface area contributed by atoms with Crippen LogP contribution in [0.3, 0.4) is 0 Å². The third-order valence-corrected chi connectivity index (χ3v) is 6.00. The minimum absolute atomic E-state index is 0.155. The zero-order chi connectivity index (χ0) is 26.9. The van der Waals surface area contributed by atoms with Crippen LogP contribution in [0.2, 0.25) is 5.02 Å². The third-order valence-electron chi connectivity index (χ3n) is 5.75. The molecule has 1 heterocycles. The van der Waals surface area contributed by atoms with E-state index in [4.69, 9.17) is 16.3 Å². The van der Waals surface area contributed by atoms with E-state index in [0.29, 0.717) is 38.3 Å². The fourth-order valence-corrected chi connectivity index (χ4v) is 4.17. The Kier molecular flexibility index (Phi) is 7.18. The summed E-state index contributed by atoms with van der Waals surface area (Å²) in [7, 11) is 0. The summed E-state index contributed by atoms with van der Waals surface area (Å²) in [6.07, 6.45) is -6.07. The molecule has 192 valence electrons. The van der Waals surface area contributed by atoms with Crippen LogP contribution < -0.4 is 14.6 Å². The number of halogens is 4. The standard InChI is InChI=1S/C27H21ClF3NO5/c1-15-24(25(33)18-6-8-19(28)9-7-18)22-11-10-21(37-27(29,30)31)13-23(22)32(15)14-17-4-3-5-20(12-17)36-16(2)26(34)35/h3-13,16H,14H2,1-2H3,(H,34,35)/p-1/t16-/m0/s1. The van der Waals surface area contributed by atoms with Crippen molar-refractivity contribution < 1.29 is 37.3 Å². The van der Waals surface area contributed by atoms with Crippen LogP contribution in [-0.2, 0) is 11.3 Å². The SMILES string of the molecule is Cc1c(C(=O)c2ccc(Cl)cc2)c2ccc(OC(F)(F)F)cc2n1Cc1cccc(O[C@@H](C)C(=O)[O-])c1. The molecule has 0 aliphatic rings. The van der Waals surface area contributed by atoms with E-state index >= 15 is 0 Å². The Morgan fingerprint density at radius 1 is 1.03 bits per heavy atom. The van der Waals surface area contributed by atoms with Crippen LogP contribution >= 0.6 is 11.6 Å². The van der Waals surface area contributed by atoms with Gasteiger partial charge in [0.2, 0.25) is 0 Å². The molecular formula is C27H20ClF3NO5-. The fourth-order valence-electron chi connectivity index (χ4n) is 4.04. The molecule has 0 bridgehead atoms. The molecule has 10 heteroatoms. The molecule has 0 N–H and O–H groups in total. The van der Waals surface area contributed by atoms with Crippen molar-refractivity contribution in [3.05, 3.63) is 94.1 Å². The van der Waals surface area contributed by atoms with Crippen LogP contribution in [-0.4, -0.2) is 28.8 Å². The van der Waals surface area contributed by atoms with Crippen molar-refractivity contribution in [3.8, 4) is 11.5 Å². The number of fused-ring (bicyclic) bond motifs is 1. The van der Waals surface area contributed by atoms with Crippen LogP contribution in [0.1, 0.15) is 34.1 Å². The summed E-state index contributed by atoms with van der Waals surface area (Å²) >= 11 is 5.95. The topological polar surface area (TPSA) is 80.6 Å². The second-order valence-corrected chi connectivity index (χ2v) is 8.77. The van der Waals surface area contributed by atoms with Crippen LogP contribution in [0.25, 0.3) is 10.9 Å². The maximum Gasteiger partial charge on any atom is 0.573 e. The molecule has 0 unspecified atom stereocenters. The Balaban J connectivity index is 1.81. The Bertz CT molecular complexity index is 1480.